The Bertz CT molecular complexity index is 2010. The number of imidazole rings is 1. The lowest BCUT2D eigenvalue weighted by Crippen LogP contribution is -1.91. The van der Waals surface area contributed by atoms with Crippen molar-refractivity contribution in [3.05, 3.63) is 79.3 Å². The summed E-state index contributed by atoms with van der Waals surface area (Å²) in [5, 5.41) is 7.77. The molecule has 31 heavy (non-hydrogen) atoms. The molecule has 144 valence electrons. The van der Waals surface area contributed by atoms with Gasteiger partial charge in [0.15, 0.2) is 5.65 Å². The van der Waals surface area contributed by atoms with Crippen LogP contribution in [0.15, 0.2) is 79.3 Å². The summed E-state index contributed by atoms with van der Waals surface area (Å²) < 4.78 is 7.57. The summed E-state index contributed by atoms with van der Waals surface area (Å²) in [6.07, 6.45) is 5.74. The lowest BCUT2D eigenvalue weighted by Gasteiger charge is -2.08. The lowest BCUT2D eigenvalue weighted by atomic mass is 10.0. The van der Waals surface area contributed by atoms with Crippen molar-refractivity contribution in [3.63, 3.8) is 0 Å². The van der Waals surface area contributed by atoms with E-state index in [1.165, 1.54) is 51.2 Å². The van der Waals surface area contributed by atoms with E-state index in [1.54, 1.807) is 0 Å². The molecule has 8 rings (SSSR count). The van der Waals surface area contributed by atoms with Crippen LogP contribution in [0, 0.1) is 0 Å². The molecule has 3 nitrogen and oxygen atoms in total. The van der Waals surface area contributed by atoms with E-state index in [2.05, 4.69) is 69.0 Å². The second-order valence-electron chi connectivity index (χ2n) is 7.90. The molecule has 0 saturated heterocycles. The zero-order chi connectivity index (χ0) is 20.1. The van der Waals surface area contributed by atoms with Gasteiger partial charge in [-0.1, -0.05) is 30.3 Å². The van der Waals surface area contributed by atoms with Gasteiger partial charge in [-0.25, -0.2) is 4.98 Å². The third-order valence-electron chi connectivity index (χ3n) is 6.31. The van der Waals surface area contributed by atoms with Crippen molar-refractivity contribution in [2.75, 3.05) is 0 Å². The minimum atomic E-state index is 0.912. The molecular formula is C26H13N3S2. The number of pyridine rings is 2. The fourth-order valence-electron chi connectivity index (χ4n) is 4.97. The number of aromatic nitrogens is 3. The van der Waals surface area contributed by atoms with Gasteiger partial charge in [0.25, 0.3) is 0 Å². The second kappa shape index (κ2) is 5.58. The van der Waals surface area contributed by atoms with E-state index in [4.69, 9.17) is 0 Å². The molecule has 5 aromatic heterocycles. The van der Waals surface area contributed by atoms with Crippen LogP contribution < -0.4 is 0 Å². The summed E-state index contributed by atoms with van der Waals surface area (Å²) in [7, 11) is 0. The van der Waals surface area contributed by atoms with Gasteiger partial charge < -0.3 is 0 Å². The van der Waals surface area contributed by atoms with Crippen molar-refractivity contribution in [3.8, 4) is 0 Å². The van der Waals surface area contributed by atoms with Crippen molar-refractivity contribution >= 4 is 90.5 Å². The van der Waals surface area contributed by atoms with Crippen LogP contribution in [0.3, 0.4) is 0 Å². The molecule has 0 amide bonds. The zero-order valence-electron chi connectivity index (χ0n) is 16.2. The molecule has 3 aromatic carbocycles. The number of rotatable bonds is 0. The number of thiophene rings is 2. The van der Waals surface area contributed by atoms with Crippen LogP contribution in [0.25, 0.3) is 67.8 Å². The van der Waals surface area contributed by atoms with E-state index < -0.39 is 0 Å². The van der Waals surface area contributed by atoms with Gasteiger partial charge in [0, 0.05) is 69.7 Å². The fraction of sp³-hybridized carbons (Fsp3) is 0. The quantitative estimate of drug-likeness (QED) is 0.230. The third-order valence-corrected chi connectivity index (χ3v) is 8.63. The maximum absolute atomic E-state index is 4.65. The van der Waals surface area contributed by atoms with Gasteiger partial charge in [0.2, 0.25) is 0 Å². The van der Waals surface area contributed by atoms with Crippen LogP contribution in [0.2, 0.25) is 0 Å². The number of hydrogen-bond donors (Lipinski definition) is 0. The maximum atomic E-state index is 4.65. The molecule has 0 atom stereocenters. The summed E-state index contributed by atoms with van der Waals surface area (Å²) in [5.74, 6) is 0. The molecule has 0 aliphatic carbocycles. The minimum Gasteiger partial charge on any atom is -0.298 e. The van der Waals surface area contributed by atoms with Crippen molar-refractivity contribution in [1.29, 1.82) is 0 Å². The lowest BCUT2D eigenvalue weighted by molar-refractivity contribution is 1.26. The Labute approximate surface area is 183 Å². The van der Waals surface area contributed by atoms with Crippen molar-refractivity contribution < 1.29 is 0 Å². The Kier molecular flexibility index (Phi) is 2.91. The van der Waals surface area contributed by atoms with Gasteiger partial charge in [0.1, 0.15) is 5.52 Å². The minimum absolute atomic E-state index is 0.912. The fourth-order valence-corrected chi connectivity index (χ4v) is 7.42. The smallest absolute Gasteiger partial charge is 0.163 e. The average molecular weight is 432 g/mol. The predicted molar refractivity (Wildman–Crippen MR) is 134 cm³/mol. The van der Waals surface area contributed by atoms with Crippen molar-refractivity contribution in [2.45, 2.75) is 0 Å². The van der Waals surface area contributed by atoms with Crippen LogP contribution in [-0.4, -0.2) is 14.4 Å². The van der Waals surface area contributed by atoms with E-state index in [1.807, 2.05) is 47.3 Å². The Hall–Kier alpha value is -3.54. The summed E-state index contributed by atoms with van der Waals surface area (Å²) in [4.78, 5) is 9.24. The van der Waals surface area contributed by atoms with E-state index in [-0.39, 0.29) is 0 Å². The molecular weight excluding hydrogens is 418 g/mol. The Morgan fingerprint density at radius 2 is 1.58 bits per heavy atom. The van der Waals surface area contributed by atoms with Crippen molar-refractivity contribution in [2.24, 2.45) is 0 Å². The van der Waals surface area contributed by atoms with Gasteiger partial charge in [-0.05, 0) is 30.3 Å². The van der Waals surface area contributed by atoms with Gasteiger partial charge >= 0.3 is 0 Å². The van der Waals surface area contributed by atoms with Gasteiger partial charge in [-0.15, -0.1) is 22.7 Å². The highest BCUT2D eigenvalue weighted by atomic mass is 32.1. The third kappa shape index (κ3) is 1.98. The zero-order valence-corrected chi connectivity index (χ0v) is 17.8. The Morgan fingerprint density at radius 3 is 2.58 bits per heavy atom. The molecule has 0 radical (unpaired) electrons. The van der Waals surface area contributed by atoms with Crippen LogP contribution in [0.1, 0.15) is 0 Å². The van der Waals surface area contributed by atoms with Crippen LogP contribution >= 0.6 is 22.7 Å². The van der Waals surface area contributed by atoms with Crippen LogP contribution in [0.5, 0.6) is 0 Å². The first-order chi connectivity index (χ1) is 15.4. The normalized spacial score (nSPS) is 12.5. The molecule has 0 saturated carbocycles. The monoisotopic (exact) mass is 431 g/mol. The molecule has 0 N–H and O–H groups in total. The van der Waals surface area contributed by atoms with E-state index in [0.717, 1.165) is 16.6 Å². The SMILES string of the molecule is c1ccc2c(c1)sc1ccc3c4cc5c6cccnc6c6nccn6c5cc4sc3c12. The van der Waals surface area contributed by atoms with Crippen molar-refractivity contribution in [1.82, 2.24) is 14.4 Å². The van der Waals surface area contributed by atoms with Crippen LogP contribution in [-0.2, 0) is 0 Å². The van der Waals surface area contributed by atoms with Gasteiger partial charge in [0.05, 0.1) is 5.52 Å². The average Bonchev–Trinajstić information content (AvgIpc) is 3.52. The number of hydrogen-bond acceptors (Lipinski definition) is 4. The Balaban J connectivity index is 1.63. The molecule has 0 aliphatic rings. The molecule has 0 fully saturated rings. The van der Waals surface area contributed by atoms with E-state index in [9.17, 15) is 0 Å². The summed E-state index contributed by atoms with van der Waals surface area (Å²) in [5.41, 5.74) is 3.04. The molecule has 0 unspecified atom stereocenters. The second-order valence-corrected chi connectivity index (χ2v) is 10.0. The number of fused-ring (bicyclic) bond motifs is 13. The predicted octanol–water partition coefficient (Wildman–Crippen LogP) is 7.77. The first-order valence-electron chi connectivity index (χ1n) is 10.2. The molecule has 8 aromatic rings. The van der Waals surface area contributed by atoms with Gasteiger partial charge in [-0.3, -0.25) is 9.38 Å². The standard InChI is InChI=1S/C26H13N3S2/c1-2-6-20-16(4-1)23-21(30-20)8-7-15-18-12-17-14-5-3-9-27-24(14)26-28-10-11-29(26)19(17)13-22(18)31-25(15)23/h1-13H. The first-order valence-corrected chi connectivity index (χ1v) is 11.8. The highest BCUT2D eigenvalue weighted by Gasteiger charge is 2.16. The number of benzene rings is 3. The summed E-state index contributed by atoms with van der Waals surface area (Å²) >= 11 is 3.78. The molecule has 0 spiro atoms. The van der Waals surface area contributed by atoms with E-state index >= 15 is 0 Å². The molecule has 0 aliphatic heterocycles. The highest BCUT2D eigenvalue weighted by Crippen LogP contribution is 2.45. The molecule has 5 heterocycles. The highest BCUT2D eigenvalue weighted by molar-refractivity contribution is 7.29. The largest absolute Gasteiger partial charge is 0.298 e. The first kappa shape index (κ1) is 16.2. The molecule has 0 bridgehead atoms. The van der Waals surface area contributed by atoms with Gasteiger partial charge in [-0.2, -0.15) is 0 Å². The Morgan fingerprint density at radius 1 is 0.645 bits per heavy atom. The summed E-state index contributed by atoms with van der Waals surface area (Å²) in [6, 6.07) is 22.2. The maximum Gasteiger partial charge on any atom is 0.163 e. The van der Waals surface area contributed by atoms with E-state index in [0.29, 0.717) is 0 Å². The summed E-state index contributed by atoms with van der Waals surface area (Å²) in [6.45, 7) is 0. The molecule has 5 heteroatoms. The van der Waals surface area contributed by atoms with Crippen LogP contribution in [0.4, 0.5) is 0 Å². The number of nitrogens with zero attached hydrogens (tertiary/aromatic N) is 3. The topological polar surface area (TPSA) is 30.2 Å².